The number of benzene rings is 2. The van der Waals surface area contributed by atoms with Crippen LogP contribution in [0.5, 0.6) is 5.75 Å². The zero-order valence-electron chi connectivity index (χ0n) is 18.7. The maximum atomic E-state index is 13.1. The molecule has 1 N–H and O–H groups in total. The van der Waals surface area contributed by atoms with Crippen LogP contribution in [0.3, 0.4) is 0 Å². The molecule has 0 spiro atoms. The molecule has 0 fully saturated rings. The SMILES string of the molecule is Cc1nn(Cc2ccc(Cl)cc2Cl)c(C)c1NC(=O)c1noc(C)c1COc1cccc(Cl)c1. The standard InChI is InChI=1S/C24H21Cl3N4O3/c1-13-22(14(2)31(29-13)11-16-7-8-18(26)10-21(16)27)28-24(32)23-20(15(3)34-30-23)12-33-19-6-4-5-17(25)9-19/h4-10H,11-12H2,1-3H3,(H,28,32). The summed E-state index contributed by atoms with van der Waals surface area (Å²) < 4.78 is 12.8. The van der Waals surface area contributed by atoms with Gasteiger partial charge in [-0.25, -0.2) is 0 Å². The molecule has 0 unspecified atom stereocenters. The van der Waals surface area contributed by atoms with Crippen LogP contribution in [0.15, 0.2) is 47.0 Å². The summed E-state index contributed by atoms with van der Waals surface area (Å²) in [7, 11) is 0. The summed E-state index contributed by atoms with van der Waals surface area (Å²) in [5.41, 5.74) is 3.58. The molecule has 0 aliphatic carbocycles. The number of nitrogens with zero attached hydrogens (tertiary/aromatic N) is 3. The number of aromatic nitrogens is 3. The topological polar surface area (TPSA) is 82.2 Å². The Labute approximate surface area is 211 Å². The van der Waals surface area contributed by atoms with Crippen molar-refractivity contribution in [1.29, 1.82) is 0 Å². The largest absolute Gasteiger partial charge is 0.489 e. The van der Waals surface area contributed by atoms with Gasteiger partial charge in [0.25, 0.3) is 5.91 Å². The highest BCUT2D eigenvalue weighted by atomic mass is 35.5. The molecule has 0 atom stereocenters. The van der Waals surface area contributed by atoms with Crippen LogP contribution in [0.2, 0.25) is 15.1 Å². The van der Waals surface area contributed by atoms with Gasteiger partial charge in [0, 0.05) is 15.1 Å². The van der Waals surface area contributed by atoms with E-state index >= 15 is 0 Å². The number of amides is 1. The van der Waals surface area contributed by atoms with Crippen LogP contribution in [0, 0.1) is 20.8 Å². The average Bonchev–Trinajstić information content (AvgIpc) is 3.28. The predicted molar refractivity (Wildman–Crippen MR) is 132 cm³/mol. The number of halogens is 3. The molecule has 2 aromatic heterocycles. The van der Waals surface area contributed by atoms with E-state index in [1.54, 1.807) is 48.0 Å². The fraction of sp³-hybridized carbons (Fsp3) is 0.208. The van der Waals surface area contributed by atoms with Crippen molar-refractivity contribution in [3.8, 4) is 5.75 Å². The highest BCUT2D eigenvalue weighted by Crippen LogP contribution is 2.26. The smallest absolute Gasteiger partial charge is 0.278 e. The quantitative estimate of drug-likeness (QED) is 0.296. The second-order valence-electron chi connectivity index (χ2n) is 7.71. The van der Waals surface area contributed by atoms with Crippen molar-refractivity contribution in [3.63, 3.8) is 0 Å². The molecule has 10 heteroatoms. The Morgan fingerprint density at radius 3 is 2.59 bits per heavy atom. The number of rotatable bonds is 7. The van der Waals surface area contributed by atoms with Crippen LogP contribution in [-0.4, -0.2) is 20.8 Å². The monoisotopic (exact) mass is 518 g/mol. The maximum absolute atomic E-state index is 13.1. The second kappa shape index (κ2) is 10.1. The van der Waals surface area contributed by atoms with Gasteiger partial charge < -0.3 is 14.6 Å². The molecular weight excluding hydrogens is 499 g/mol. The van der Waals surface area contributed by atoms with Crippen LogP contribution < -0.4 is 10.1 Å². The van der Waals surface area contributed by atoms with Crippen LogP contribution in [0.4, 0.5) is 5.69 Å². The molecule has 1 amide bonds. The first-order valence-corrected chi connectivity index (χ1v) is 11.5. The van der Waals surface area contributed by atoms with Gasteiger partial charge in [0.1, 0.15) is 18.1 Å². The van der Waals surface area contributed by atoms with Gasteiger partial charge >= 0.3 is 0 Å². The number of hydrogen-bond acceptors (Lipinski definition) is 5. The highest BCUT2D eigenvalue weighted by Gasteiger charge is 2.23. The molecule has 2 heterocycles. The van der Waals surface area contributed by atoms with Crippen LogP contribution in [0.25, 0.3) is 0 Å². The van der Waals surface area contributed by atoms with Gasteiger partial charge in [-0.3, -0.25) is 9.48 Å². The van der Waals surface area contributed by atoms with Crippen molar-refractivity contribution < 1.29 is 14.1 Å². The molecule has 0 saturated carbocycles. The lowest BCUT2D eigenvalue weighted by molar-refractivity contribution is 0.101. The van der Waals surface area contributed by atoms with E-state index in [1.807, 2.05) is 19.9 Å². The highest BCUT2D eigenvalue weighted by molar-refractivity contribution is 6.35. The van der Waals surface area contributed by atoms with E-state index in [2.05, 4.69) is 15.6 Å². The predicted octanol–water partition coefficient (Wildman–Crippen LogP) is 6.64. The lowest BCUT2D eigenvalue weighted by Crippen LogP contribution is -2.16. The average molecular weight is 520 g/mol. The summed E-state index contributed by atoms with van der Waals surface area (Å²) in [5.74, 6) is 0.652. The molecule has 0 bridgehead atoms. The molecule has 4 rings (SSSR count). The molecule has 0 aliphatic heterocycles. The van der Waals surface area contributed by atoms with Crippen molar-refractivity contribution >= 4 is 46.4 Å². The Bertz CT molecular complexity index is 1360. The Morgan fingerprint density at radius 2 is 1.85 bits per heavy atom. The Balaban J connectivity index is 1.52. The minimum Gasteiger partial charge on any atom is -0.489 e. The number of hydrogen-bond donors (Lipinski definition) is 1. The lowest BCUT2D eigenvalue weighted by atomic mass is 10.2. The first kappa shape index (κ1) is 24.1. The first-order chi connectivity index (χ1) is 16.2. The van der Waals surface area contributed by atoms with E-state index < -0.39 is 5.91 Å². The molecular formula is C24H21Cl3N4O3. The summed E-state index contributed by atoms with van der Waals surface area (Å²) in [6, 6.07) is 12.3. The number of nitrogens with one attached hydrogen (secondary N) is 1. The van der Waals surface area contributed by atoms with Crippen molar-refractivity contribution in [1.82, 2.24) is 14.9 Å². The Hall–Kier alpha value is -3.00. The van der Waals surface area contributed by atoms with Crippen LogP contribution >= 0.6 is 34.8 Å². The van der Waals surface area contributed by atoms with E-state index in [-0.39, 0.29) is 12.3 Å². The summed E-state index contributed by atoms with van der Waals surface area (Å²) in [5, 5.41) is 13.1. The normalized spacial score (nSPS) is 11.0. The lowest BCUT2D eigenvalue weighted by Gasteiger charge is -2.09. The minimum atomic E-state index is -0.420. The number of carbonyl (C=O) groups is 1. The molecule has 0 radical (unpaired) electrons. The summed E-state index contributed by atoms with van der Waals surface area (Å²) >= 11 is 18.3. The van der Waals surface area contributed by atoms with Gasteiger partial charge in [0.15, 0.2) is 5.69 Å². The zero-order chi connectivity index (χ0) is 24.4. The summed E-state index contributed by atoms with van der Waals surface area (Å²) in [4.78, 5) is 13.1. The zero-order valence-corrected chi connectivity index (χ0v) is 20.9. The fourth-order valence-electron chi connectivity index (χ4n) is 3.47. The van der Waals surface area contributed by atoms with Gasteiger partial charge in [0.05, 0.1) is 29.2 Å². The Morgan fingerprint density at radius 1 is 1.09 bits per heavy atom. The number of aryl methyl sites for hydroxylation is 2. The van der Waals surface area contributed by atoms with E-state index in [1.165, 1.54) is 0 Å². The molecule has 34 heavy (non-hydrogen) atoms. The van der Waals surface area contributed by atoms with Crippen molar-refractivity contribution in [3.05, 3.63) is 91.5 Å². The molecule has 0 saturated heterocycles. The second-order valence-corrected chi connectivity index (χ2v) is 8.99. The van der Waals surface area contributed by atoms with Crippen LogP contribution in [0.1, 0.15) is 38.8 Å². The number of anilines is 1. The van der Waals surface area contributed by atoms with Gasteiger partial charge in [-0.05, 0) is 56.7 Å². The molecule has 4 aromatic rings. The van der Waals surface area contributed by atoms with Gasteiger partial charge in [-0.2, -0.15) is 5.10 Å². The van der Waals surface area contributed by atoms with E-state index in [4.69, 9.17) is 44.1 Å². The van der Waals surface area contributed by atoms with Crippen molar-refractivity contribution in [2.45, 2.75) is 33.9 Å². The van der Waals surface area contributed by atoms with Gasteiger partial charge in [0.2, 0.25) is 0 Å². The summed E-state index contributed by atoms with van der Waals surface area (Å²) in [6.07, 6.45) is 0. The van der Waals surface area contributed by atoms with Crippen molar-refractivity contribution in [2.24, 2.45) is 0 Å². The van der Waals surface area contributed by atoms with E-state index in [9.17, 15) is 4.79 Å². The van der Waals surface area contributed by atoms with Crippen molar-refractivity contribution in [2.75, 3.05) is 5.32 Å². The molecule has 7 nitrogen and oxygen atoms in total. The van der Waals surface area contributed by atoms with Gasteiger partial charge in [-0.15, -0.1) is 0 Å². The molecule has 0 aliphatic rings. The van der Waals surface area contributed by atoms with E-state index in [0.29, 0.717) is 50.1 Å². The third-order valence-corrected chi connectivity index (χ3v) is 6.16. The minimum absolute atomic E-state index is 0.102. The molecule has 2 aromatic carbocycles. The first-order valence-electron chi connectivity index (χ1n) is 10.4. The third-order valence-electron chi connectivity index (χ3n) is 5.33. The molecule has 176 valence electrons. The maximum Gasteiger partial charge on any atom is 0.278 e. The van der Waals surface area contributed by atoms with Gasteiger partial charge in [-0.1, -0.05) is 52.1 Å². The fourth-order valence-corrected chi connectivity index (χ4v) is 4.12. The van der Waals surface area contributed by atoms with Crippen LogP contribution in [-0.2, 0) is 13.2 Å². The third kappa shape index (κ3) is 5.22. The summed E-state index contributed by atoms with van der Waals surface area (Å²) in [6.45, 7) is 5.95. The number of ether oxygens (including phenoxy) is 1. The van der Waals surface area contributed by atoms with E-state index in [0.717, 1.165) is 11.3 Å². The Kier molecular flexibility index (Phi) is 7.16. The number of carbonyl (C=O) groups excluding carboxylic acids is 1.